The molecule has 0 saturated carbocycles. The van der Waals surface area contributed by atoms with Gasteiger partial charge < -0.3 is 4.74 Å². The molecule has 1 N–H and O–H groups in total. The Morgan fingerprint density at radius 3 is 2.52 bits per heavy atom. The van der Waals surface area contributed by atoms with Crippen LogP contribution in [0.3, 0.4) is 0 Å². The molecule has 2 aromatic rings. The van der Waals surface area contributed by atoms with Crippen LogP contribution in [0.25, 0.3) is 0 Å². The summed E-state index contributed by atoms with van der Waals surface area (Å²) in [6.45, 7) is 6.47. The third-order valence-corrected chi connectivity index (χ3v) is 5.98. The van der Waals surface area contributed by atoms with Crippen molar-refractivity contribution in [2.75, 3.05) is 11.4 Å². The van der Waals surface area contributed by atoms with Crippen molar-refractivity contribution >= 4 is 21.8 Å². The van der Waals surface area contributed by atoms with Gasteiger partial charge in [-0.25, -0.2) is 17.9 Å². The van der Waals surface area contributed by atoms with Gasteiger partial charge in [0.15, 0.2) is 0 Å². The molecule has 0 bridgehead atoms. The number of anilines is 1. The van der Waals surface area contributed by atoms with Crippen LogP contribution in [0.15, 0.2) is 47.4 Å². The Balaban J connectivity index is 1.80. The van der Waals surface area contributed by atoms with Crippen molar-refractivity contribution in [2.24, 2.45) is 0 Å². The van der Waals surface area contributed by atoms with Gasteiger partial charge >= 0.3 is 6.09 Å². The molecule has 0 aliphatic carbocycles. The molecule has 3 rings (SSSR count). The molecular weight excluding hydrogens is 364 g/mol. The van der Waals surface area contributed by atoms with Crippen molar-refractivity contribution in [3.05, 3.63) is 59.2 Å². The third-order valence-electron chi connectivity index (χ3n) is 4.56. The number of rotatable bonds is 6. The number of nitrogens with zero attached hydrogens (tertiary/aromatic N) is 1. The van der Waals surface area contributed by atoms with E-state index < -0.39 is 10.0 Å². The Bertz CT molecular complexity index is 939. The highest BCUT2D eigenvalue weighted by Crippen LogP contribution is 2.35. The maximum atomic E-state index is 12.5. The number of hydrogen-bond acceptors (Lipinski definition) is 4. The van der Waals surface area contributed by atoms with Gasteiger partial charge in [-0.15, -0.1) is 0 Å². The van der Waals surface area contributed by atoms with E-state index in [1.807, 2.05) is 39.0 Å². The van der Waals surface area contributed by atoms with Crippen LogP contribution in [0.5, 0.6) is 0 Å². The minimum Gasteiger partial charge on any atom is -0.441 e. The normalized spacial score (nSPS) is 16.8. The number of sulfonamides is 1. The van der Waals surface area contributed by atoms with E-state index in [2.05, 4.69) is 4.72 Å². The first-order chi connectivity index (χ1) is 12.8. The molecule has 144 valence electrons. The number of fused-ring (bicyclic) bond motifs is 1. The van der Waals surface area contributed by atoms with E-state index in [4.69, 9.17) is 4.74 Å². The first-order valence-corrected chi connectivity index (χ1v) is 10.5. The molecule has 0 fully saturated rings. The van der Waals surface area contributed by atoms with Gasteiger partial charge in [0.25, 0.3) is 0 Å². The van der Waals surface area contributed by atoms with E-state index in [1.165, 1.54) is 0 Å². The van der Waals surface area contributed by atoms with Gasteiger partial charge in [-0.05, 0) is 50.1 Å². The first kappa shape index (κ1) is 19.4. The number of carbonyl (C=O) groups is 1. The lowest BCUT2D eigenvalue weighted by Crippen LogP contribution is -2.37. The van der Waals surface area contributed by atoms with E-state index in [-0.39, 0.29) is 23.6 Å². The molecule has 1 amide bonds. The summed E-state index contributed by atoms with van der Waals surface area (Å²) in [4.78, 5) is 14.0. The Kier molecular flexibility index (Phi) is 5.53. The summed E-state index contributed by atoms with van der Waals surface area (Å²) in [5.41, 5.74) is 3.52. The fraction of sp³-hybridized carbons (Fsp3) is 0.350. The van der Waals surface area contributed by atoms with E-state index in [0.29, 0.717) is 6.54 Å². The van der Waals surface area contributed by atoms with Crippen molar-refractivity contribution in [3.63, 3.8) is 0 Å². The molecular formula is C20H24N2O4S. The molecule has 7 heteroatoms. The largest absolute Gasteiger partial charge is 0.441 e. The molecule has 6 nitrogen and oxygen atoms in total. The number of nitrogens with one attached hydrogen (secondary N) is 1. The van der Waals surface area contributed by atoms with Crippen molar-refractivity contribution in [1.82, 2.24) is 4.72 Å². The molecule has 1 aliphatic rings. The zero-order valence-corrected chi connectivity index (χ0v) is 16.5. The fourth-order valence-electron chi connectivity index (χ4n) is 3.08. The molecule has 2 aromatic carbocycles. The smallest absolute Gasteiger partial charge is 0.414 e. The number of benzene rings is 2. The topological polar surface area (TPSA) is 75.7 Å². The Morgan fingerprint density at radius 2 is 1.85 bits per heavy atom. The predicted molar refractivity (Wildman–Crippen MR) is 104 cm³/mol. The minimum absolute atomic E-state index is 0.165. The number of carbonyl (C=O) groups excluding carboxylic acids is 1. The van der Waals surface area contributed by atoms with Gasteiger partial charge in [0.2, 0.25) is 10.0 Å². The highest BCUT2D eigenvalue weighted by atomic mass is 32.2. The summed E-state index contributed by atoms with van der Waals surface area (Å²) in [6, 6.07) is 12.3. The van der Waals surface area contributed by atoms with E-state index in [1.54, 1.807) is 29.2 Å². The summed E-state index contributed by atoms with van der Waals surface area (Å²) in [5.74, 6) is 0. The van der Waals surface area contributed by atoms with Crippen molar-refractivity contribution < 1.29 is 17.9 Å². The summed E-state index contributed by atoms with van der Waals surface area (Å²) < 4.78 is 33.0. The van der Waals surface area contributed by atoms with Crippen LogP contribution < -0.4 is 9.62 Å². The van der Waals surface area contributed by atoms with Crippen molar-refractivity contribution in [1.29, 1.82) is 0 Å². The lowest BCUT2D eigenvalue weighted by Gasteiger charge is -2.32. The zero-order chi connectivity index (χ0) is 19.6. The summed E-state index contributed by atoms with van der Waals surface area (Å²) >= 11 is 0. The Morgan fingerprint density at radius 1 is 1.15 bits per heavy atom. The molecule has 1 aliphatic heterocycles. The highest BCUT2D eigenvalue weighted by Gasteiger charge is 2.30. The maximum Gasteiger partial charge on any atom is 0.414 e. The number of cyclic esters (lactones) is 1. The van der Waals surface area contributed by atoms with Crippen LogP contribution in [0.2, 0.25) is 0 Å². The number of ether oxygens (including phenoxy) is 1. The Labute approximate surface area is 160 Å². The van der Waals surface area contributed by atoms with Crippen molar-refractivity contribution in [2.45, 2.75) is 44.7 Å². The van der Waals surface area contributed by atoms with Crippen LogP contribution in [0.4, 0.5) is 10.5 Å². The van der Waals surface area contributed by atoms with Crippen LogP contribution in [0.1, 0.15) is 43.1 Å². The van der Waals surface area contributed by atoms with E-state index in [9.17, 15) is 13.2 Å². The number of amides is 1. The highest BCUT2D eigenvalue weighted by molar-refractivity contribution is 7.89. The Hall–Kier alpha value is -2.38. The maximum absolute atomic E-state index is 12.5. The van der Waals surface area contributed by atoms with Gasteiger partial charge in [0, 0.05) is 18.7 Å². The molecule has 0 spiro atoms. The standard InChI is InChI=1S/C20H24N2O4S/c1-4-11-22-19-10-7-16(12-18(19)15(3)26-20(22)23)13-21-27(24,25)17-8-5-14(2)6-9-17/h5-10,12,15,21H,4,11,13H2,1-3H3. The summed E-state index contributed by atoms with van der Waals surface area (Å²) in [7, 11) is -3.58. The van der Waals surface area contributed by atoms with Gasteiger partial charge in [-0.1, -0.05) is 30.7 Å². The van der Waals surface area contributed by atoms with E-state index in [0.717, 1.165) is 28.8 Å². The second-order valence-electron chi connectivity index (χ2n) is 6.71. The summed E-state index contributed by atoms with van der Waals surface area (Å²) in [6.07, 6.45) is 0.111. The average molecular weight is 388 g/mol. The lowest BCUT2D eigenvalue weighted by molar-refractivity contribution is 0.107. The SMILES string of the molecule is CCCN1C(=O)OC(C)c2cc(CNS(=O)(=O)c3ccc(C)cc3)ccc21. The van der Waals surface area contributed by atoms with Gasteiger partial charge in [-0.2, -0.15) is 0 Å². The predicted octanol–water partition coefficient (Wildman–Crippen LogP) is 3.90. The fourth-order valence-corrected chi connectivity index (χ4v) is 4.09. The van der Waals surface area contributed by atoms with Crippen molar-refractivity contribution in [3.8, 4) is 0 Å². The monoisotopic (exact) mass is 388 g/mol. The van der Waals surface area contributed by atoms with E-state index >= 15 is 0 Å². The number of hydrogen-bond donors (Lipinski definition) is 1. The van der Waals surface area contributed by atoms with Gasteiger partial charge in [0.05, 0.1) is 10.6 Å². The molecule has 0 radical (unpaired) electrons. The van der Waals surface area contributed by atoms with Gasteiger partial charge in [-0.3, -0.25) is 4.90 Å². The molecule has 27 heavy (non-hydrogen) atoms. The third kappa shape index (κ3) is 4.14. The quantitative estimate of drug-likeness (QED) is 0.814. The molecule has 1 unspecified atom stereocenters. The first-order valence-electron chi connectivity index (χ1n) is 8.99. The molecule has 0 saturated heterocycles. The van der Waals surface area contributed by atoms with Crippen LogP contribution >= 0.6 is 0 Å². The average Bonchev–Trinajstić information content (AvgIpc) is 2.64. The summed E-state index contributed by atoms with van der Waals surface area (Å²) in [5, 5.41) is 0. The lowest BCUT2D eigenvalue weighted by atomic mass is 10.0. The molecule has 1 atom stereocenters. The second-order valence-corrected chi connectivity index (χ2v) is 8.48. The zero-order valence-electron chi connectivity index (χ0n) is 15.7. The number of aryl methyl sites for hydroxylation is 1. The van der Waals surface area contributed by atoms with Crippen LogP contribution in [0, 0.1) is 6.92 Å². The molecule has 1 heterocycles. The minimum atomic E-state index is -3.58. The van der Waals surface area contributed by atoms with Gasteiger partial charge in [0.1, 0.15) is 6.10 Å². The van der Waals surface area contributed by atoms with Crippen LogP contribution in [-0.4, -0.2) is 21.1 Å². The van der Waals surface area contributed by atoms with Crippen LogP contribution in [-0.2, 0) is 21.3 Å². The second kappa shape index (κ2) is 7.70. The molecule has 0 aromatic heterocycles.